The van der Waals surface area contributed by atoms with E-state index >= 15 is 0 Å². The van der Waals surface area contributed by atoms with Gasteiger partial charge in [0.2, 0.25) is 5.91 Å². The molecule has 0 saturated heterocycles. The van der Waals surface area contributed by atoms with Crippen LogP contribution in [0, 0.1) is 0 Å². The highest BCUT2D eigenvalue weighted by atomic mass is 35.5. The number of carbonyl (C=O) groups excluding carboxylic acids is 1. The second kappa shape index (κ2) is 8.06. The summed E-state index contributed by atoms with van der Waals surface area (Å²) in [6.07, 6.45) is 1.41. The van der Waals surface area contributed by atoms with Crippen molar-refractivity contribution in [3.8, 4) is 16.9 Å². The molecule has 0 atom stereocenters. The molecule has 0 radical (unpaired) electrons. The topological polar surface area (TPSA) is 73.2 Å². The van der Waals surface area contributed by atoms with Crippen LogP contribution in [0.4, 0.5) is 5.69 Å². The summed E-state index contributed by atoms with van der Waals surface area (Å²) in [5, 5.41) is 5.30. The van der Waals surface area contributed by atoms with E-state index in [9.17, 15) is 9.59 Å². The molecule has 146 valence electrons. The molecule has 0 saturated carbocycles. The highest BCUT2D eigenvalue weighted by molar-refractivity contribution is 7.17. The molecule has 2 heterocycles. The van der Waals surface area contributed by atoms with Crippen LogP contribution in [0.25, 0.3) is 21.3 Å². The Bertz CT molecular complexity index is 1230. The van der Waals surface area contributed by atoms with Crippen LogP contribution in [-0.4, -0.2) is 22.6 Å². The van der Waals surface area contributed by atoms with E-state index in [1.165, 1.54) is 22.2 Å². The molecule has 0 aliphatic rings. The predicted octanol–water partition coefficient (Wildman–Crippen LogP) is 4.43. The van der Waals surface area contributed by atoms with Crippen molar-refractivity contribution >= 4 is 44.7 Å². The van der Waals surface area contributed by atoms with Gasteiger partial charge < -0.3 is 10.1 Å². The Hall–Kier alpha value is -3.16. The van der Waals surface area contributed by atoms with Crippen LogP contribution in [0.3, 0.4) is 0 Å². The molecular weight excluding hydrogens is 410 g/mol. The van der Waals surface area contributed by atoms with Gasteiger partial charge in [-0.25, -0.2) is 4.98 Å². The third-order valence-electron chi connectivity index (χ3n) is 4.39. The second-order valence-electron chi connectivity index (χ2n) is 6.29. The van der Waals surface area contributed by atoms with Gasteiger partial charge in [0, 0.05) is 21.7 Å². The van der Waals surface area contributed by atoms with Crippen molar-refractivity contribution in [2.45, 2.75) is 6.54 Å². The van der Waals surface area contributed by atoms with E-state index < -0.39 is 0 Å². The molecule has 1 amide bonds. The number of halogens is 1. The molecule has 0 bridgehead atoms. The maximum absolute atomic E-state index is 12.8. The van der Waals surface area contributed by atoms with Crippen LogP contribution in [0.5, 0.6) is 5.75 Å². The summed E-state index contributed by atoms with van der Waals surface area (Å²) in [5.74, 6) is 0.385. The van der Waals surface area contributed by atoms with Gasteiger partial charge in [0.25, 0.3) is 5.56 Å². The number of amides is 1. The lowest BCUT2D eigenvalue weighted by Crippen LogP contribution is -2.27. The first-order valence-corrected chi connectivity index (χ1v) is 9.97. The summed E-state index contributed by atoms with van der Waals surface area (Å²) in [6, 6.07) is 14.3. The average Bonchev–Trinajstić information content (AvgIpc) is 3.16. The SMILES string of the molecule is COc1ccc(NC(=O)Cn2cnc3c(-c4ccc(Cl)cc4)csc3c2=O)cc1. The number of rotatable bonds is 5. The number of ether oxygens (including phenoxy) is 1. The molecule has 29 heavy (non-hydrogen) atoms. The molecule has 1 N–H and O–H groups in total. The van der Waals surface area contributed by atoms with Crippen molar-refractivity contribution in [1.82, 2.24) is 9.55 Å². The number of nitrogens with zero attached hydrogens (tertiary/aromatic N) is 2. The Balaban J connectivity index is 1.56. The van der Waals surface area contributed by atoms with Gasteiger partial charge in [0.1, 0.15) is 17.0 Å². The molecule has 0 unspecified atom stereocenters. The van der Waals surface area contributed by atoms with Gasteiger partial charge in [-0.05, 0) is 42.0 Å². The fourth-order valence-corrected chi connectivity index (χ4v) is 4.02. The first-order chi connectivity index (χ1) is 14.0. The standard InChI is InChI=1S/C21H16ClN3O3S/c1-28-16-8-6-15(7-9-16)24-18(26)10-25-12-23-19-17(11-29-20(19)21(25)27)13-2-4-14(22)5-3-13/h2-9,11-12H,10H2,1H3,(H,24,26). The Morgan fingerprint density at radius 3 is 2.59 bits per heavy atom. The largest absolute Gasteiger partial charge is 0.497 e. The van der Waals surface area contributed by atoms with Gasteiger partial charge in [-0.15, -0.1) is 11.3 Å². The lowest BCUT2D eigenvalue weighted by Gasteiger charge is -2.08. The number of methoxy groups -OCH3 is 1. The van der Waals surface area contributed by atoms with Gasteiger partial charge in [0.05, 0.1) is 19.0 Å². The first-order valence-electron chi connectivity index (χ1n) is 8.71. The van der Waals surface area contributed by atoms with E-state index in [2.05, 4.69) is 10.3 Å². The second-order valence-corrected chi connectivity index (χ2v) is 7.60. The molecule has 0 aliphatic heterocycles. The molecule has 0 spiro atoms. The fourth-order valence-electron chi connectivity index (χ4n) is 2.92. The average molecular weight is 426 g/mol. The third kappa shape index (κ3) is 4.01. The quantitative estimate of drug-likeness (QED) is 0.513. The molecule has 6 nitrogen and oxygen atoms in total. The summed E-state index contributed by atoms with van der Waals surface area (Å²) < 4.78 is 6.91. The van der Waals surface area contributed by atoms with Crippen molar-refractivity contribution in [3.63, 3.8) is 0 Å². The number of hydrogen-bond donors (Lipinski definition) is 1. The molecule has 2 aromatic heterocycles. The van der Waals surface area contributed by atoms with Crippen LogP contribution in [0.1, 0.15) is 0 Å². The number of nitrogens with one attached hydrogen (secondary N) is 1. The number of carbonyl (C=O) groups is 1. The number of hydrogen-bond acceptors (Lipinski definition) is 5. The summed E-state index contributed by atoms with van der Waals surface area (Å²) in [4.78, 5) is 29.6. The summed E-state index contributed by atoms with van der Waals surface area (Å²) in [6.45, 7) is -0.123. The van der Waals surface area contributed by atoms with E-state index in [0.717, 1.165) is 11.1 Å². The van der Waals surface area contributed by atoms with Crippen LogP contribution < -0.4 is 15.6 Å². The first kappa shape index (κ1) is 19.2. The Labute approximate surface area is 175 Å². The van der Waals surface area contributed by atoms with E-state index in [4.69, 9.17) is 16.3 Å². The van der Waals surface area contributed by atoms with Crippen LogP contribution in [0.2, 0.25) is 5.02 Å². The molecule has 0 fully saturated rings. The Kier molecular flexibility index (Phi) is 5.33. The molecule has 4 aromatic rings. The van der Waals surface area contributed by atoms with E-state index in [0.29, 0.717) is 26.7 Å². The monoisotopic (exact) mass is 425 g/mol. The maximum Gasteiger partial charge on any atom is 0.271 e. The van der Waals surface area contributed by atoms with Gasteiger partial charge in [-0.2, -0.15) is 0 Å². The minimum atomic E-state index is -0.312. The van der Waals surface area contributed by atoms with Crippen LogP contribution in [-0.2, 0) is 11.3 Å². The molecule has 0 aliphatic carbocycles. The number of benzene rings is 2. The zero-order valence-corrected chi connectivity index (χ0v) is 17.0. The lowest BCUT2D eigenvalue weighted by atomic mass is 10.1. The number of thiophene rings is 1. The van der Waals surface area contributed by atoms with E-state index in [-0.39, 0.29) is 18.0 Å². The fraction of sp³-hybridized carbons (Fsp3) is 0.0952. The van der Waals surface area contributed by atoms with Gasteiger partial charge in [-0.3, -0.25) is 14.2 Å². The molecule has 8 heteroatoms. The Morgan fingerprint density at radius 2 is 1.90 bits per heavy atom. The van der Waals surface area contributed by atoms with Gasteiger partial charge in [0.15, 0.2) is 0 Å². The van der Waals surface area contributed by atoms with E-state index in [1.807, 2.05) is 17.5 Å². The maximum atomic E-state index is 12.8. The summed E-state index contributed by atoms with van der Waals surface area (Å²) in [5.41, 5.74) is 2.80. The predicted molar refractivity (Wildman–Crippen MR) is 116 cm³/mol. The van der Waals surface area contributed by atoms with Crippen LogP contribution >= 0.6 is 22.9 Å². The van der Waals surface area contributed by atoms with Crippen molar-refractivity contribution in [3.05, 3.63) is 75.6 Å². The Morgan fingerprint density at radius 1 is 1.17 bits per heavy atom. The smallest absolute Gasteiger partial charge is 0.271 e. The van der Waals surface area contributed by atoms with Crippen molar-refractivity contribution in [2.75, 3.05) is 12.4 Å². The molecular formula is C21H16ClN3O3S. The van der Waals surface area contributed by atoms with Gasteiger partial charge >= 0.3 is 0 Å². The van der Waals surface area contributed by atoms with E-state index in [1.54, 1.807) is 43.5 Å². The third-order valence-corrected chi connectivity index (χ3v) is 5.60. The number of fused-ring (bicyclic) bond motifs is 1. The van der Waals surface area contributed by atoms with Crippen molar-refractivity contribution < 1.29 is 9.53 Å². The number of anilines is 1. The molecule has 4 rings (SSSR count). The summed E-state index contributed by atoms with van der Waals surface area (Å²) in [7, 11) is 1.58. The minimum absolute atomic E-state index is 0.123. The highest BCUT2D eigenvalue weighted by Gasteiger charge is 2.14. The lowest BCUT2D eigenvalue weighted by molar-refractivity contribution is -0.116. The zero-order chi connectivity index (χ0) is 20.4. The molecule has 2 aromatic carbocycles. The highest BCUT2D eigenvalue weighted by Crippen LogP contribution is 2.31. The van der Waals surface area contributed by atoms with Gasteiger partial charge in [-0.1, -0.05) is 23.7 Å². The van der Waals surface area contributed by atoms with Crippen molar-refractivity contribution in [1.29, 1.82) is 0 Å². The number of aromatic nitrogens is 2. The minimum Gasteiger partial charge on any atom is -0.497 e. The van der Waals surface area contributed by atoms with Crippen LogP contribution in [0.15, 0.2) is 65.0 Å². The zero-order valence-electron chi connectivity index (χ0n) is 15.4. The summed E-state index contributed by atoms with van der Waals surface area (Å²) >= 11 is 7.26. The normalized spacial score (nSPS) is 10.8. The van der Waals surface area contributed by atoms with Crippen molar-refractivity contribution in [2.24, 2.45) is 0 Å².